The Hall–Kier alpha value is -0.360. The first-order chi connectivity index (χ1) is 10.6. The molecule has 138 valence electrons. The Morgan fingerprint density at radius 2 is 2.00 bits per heavy atom. The zero-order valence-electron chi connectivity index (χ0n) is 14.5. The maximum atomic E-state index is 12.9. The van der Waals surface area contributed by atoms with E-state index in [9.17, 15) is 4.79 Å². The number of rotatable bonds is 3. The van der Waals surface area contributed by atoms with E-state index in [0.717, 1.165) is 50.9 Å². The molecule has 1 aliphatic carbocycles. The van der Waals surface area contributed by atoms with Crippen LogP contribution in [-0.4, -0.2) is 35.4 Å². The molecule has 0 bridgehead atoms. The van der Waals surface area contributed by atoms with Gasteiger partial charge in [-0.25, -0.2) is 4.98 Å². The summed E-state index contributed by atoms with van der Waals surface area (Å²) < 4.78 is 0. The molecular weight excluding hydrogens is 365 g/mol. The van der Waals surface area contributed by atoms with Crippen LogP contribution >= 0.6 is 36.2 Å². The first-order valence-corrected chi connectivity index (χ1v) is 9.34. The van der Waals surface area contributed by atoms with Crippen molar-refractivity contribution in [1.82, 2.24) is 9.88 Å². The molecule has 24 heavy (non-hydrogen) atoms. The van der Waals surface area contributed by atoms with E-state index in [1.165, 1.54) is 9.88 Å². The molecule has 4 nitrogen and oxygen atoms in total. The third-order valence-corrected chi connectivity index (χ3v) is 6.64. The van der Waals surface area contributed by atoms with Crippen molar-refractivity contribution in [2.24, 2.45) is 17.6 Å². The van der Waals surface area contributed by atoms with Crippen LogP contribution in [0.15, 0.2) is 0 Å². The minimum Gasteiger partial charge on any atom is -0.342 e. The van der Waals surface area contributed by atoms with Crippen LogP contribution in [0.4, 0.5) is 0 Å². The molecule has 0 radical (unpaired) electrons. The quantitative estimate of drug-likeness (QED) is 0.851. The first kappa shape index (κ1) is 21.7. The van der Waals surface area contributed by atoms with Gasteiger partial charge in [0.25, 0.3) is 0 Å². The standard InChI is InChI=1S/C17H27N3OS.2ClH/c1-11-12(2)22-16(19-11)14-6-4-8-20(10-14)17(21)15-7-3-5-13(15)9-18;;/h13-15H,3-10,18H2,1-2H3;2*1H/t13-,14?,15-;;/m1../s1. The van der Waals surface area contributed by atoms with Gasteiger partial charge in [-0.05, 0) is 52.0 Å². The zero-order chi connectivity index (χ0) is 15.7. The third-order valence-electron chi connectivity index (χ3n) is 5.41. The summed E-state index contributed by atoms with van der Waals surface area (Å²) in [7, 11) is 0. The fourth-order valence-corrected chi connectivity index (χ4v) is 4.98. The number of halogens is 2. The summed E-state index contributed by atoms with van der Waals surface area (Å²) in [4.78, 5) is 21.0. The van der Waals surface area contributed by atoms with Gasteiger partial charge >= 0.3 is 0 Å². The van der Waals surface area contributed by atoms with Gasteiger partial charge in [0.15, 0.2) is 0 Å². The Labute approximate surface area is 161 Å². The second-order valence-corrected chi connectivity index (χ2v) is 8.09. The van der Waals surface area contributed by atoms with E-state index in [1.807, 2.05) is 0 Å². The number of amides is 1. The monoisotopic (exact) mass is 393 g/mol. The zero-order valence-corrected chi connectivity index (χ0v) is 16.9. The van der Waals surface area contributed by atoms with Gasteiger partial charge < -0.3 is 10.6 Å². The number of aryl methyl sites for hydroxylation is 2. The second-order valence-electron chi connectivity index (χ2n) is 6.85. The molecule has 0 aromatic carbocycles. The lowest BCUT2D eigenvalue weighted by Crippen LogP contribution is -2.44. The number of carbonyl (C=O) groups excluding carboxylic acids is 1. The number of aromatic nitrogens is 1. The Morgan fingerprint density at radius 1 is 1.25 bits per heavy atom. The summed E-state index contributed by atoms with van der Waals surface area (Å²) in [6, 6.07) is 0. The molecule has 1 amide bonds. The fourth-order valence-electron chi connectivity index (χ4n) is 3.93. The fraction of sp³-hybridized carbons (Fsp3) is 0.765. The molecule has 7 heteroatoms. The minimum absolute atomic E-state index is 0. The molecule has 3 atom stereocenters. The van der Waals surface area contributed by atoms with E-state index in [4.69, 9.17) is 10.7 Å². The van der Waals surface area contributed by atoms with Gasteiger partial charge in [0.2, 0.25) is 5.91 Å². The van der Waals surface area contributed by atoms with Crippen LogP contribution in [0.1, 0.15) is 53.6 Å². The normalized spacial score (nSPS) is 26.6. The Balaban J connectivity index is 0.00000144. The number of nitrogens with zero attached hydrogens (tertiary/aromatic N) is 2. The molecule has 1 aromatic rings. The van der Waals surface area contributed by atoms with Crippen molar-refractivity contribution < 1.29 is 4.79 Å². The SMILES string of the molecule is Cc1nc(C2CCCN(C(=O)[C@@H]3CCC[C@@H]3CN)C2)sc1C.Cl.Cl. The van der Waals surface area contributed by atoms with E-state index in [2.05, 4.69) is 18.7 Å². The van der Waals surface area contributed by atoms with Crippen molar-refractivity contribution in [2.45, 2.75) is 51.9 Å². The lowest BCUT2D eigenvalue weighted by molar-refractivity contribution is -0.137. The van der Waals surface area contributed by atoms with E-state index in [0.29, 0.717) is 24.3 Å². The summed E-state index contributed by atoms with van der Waals surface area (Å²) in [5, 5.41) is 1.22. The maximum Gasteiger partial charge on any atom is 0.226 e. The topological polar surface area (TPSA) is 59.2 Å². The average Bonchev–Trinajstić information content (AvgIpc) is 3.14. The number of nitrogens with two attached hydrogens (primary N) is 1. The Kier molecular flexibility index (Phi) is 8.46. The summed E-state index contributed by atoms with van der Waals surface area (Å²) in [6.45, 7) is 6.61. The highest BCUT2D eigenvalue weighted by atomic mass is 35.5. The van der Waals surface area contributed by atoms with Gasteiger partial charge in [-0.3, -0.25) is 4.79 Å². The first-order valence-electron chi connectivity index (χ1n) is 8.53. The van der Waals surface area contributed by atoms with Crippen LogP contribution in [0.2, 0.25) is 0 Å². The van der Waals surface area contributed by atoms with Crippen molar-refractivity contribution in [1.29, 1.82) is 0 Å². The van der Waals surface area contributed by atoms with Crippen LogP contribution in [-0.2, 0) is 4.79 Å². The lowest BCUT2D eigenvalue weighted by Gasteiger charge is -2.34. The number of likely N-dealkylation sites (tertiary alicyclic amines) is 1. The molecule has 1 saturated heterocycles. The molecular formula is C17H29Cl2N3OS. The highest BCUT2D eigenvalue weighted by Gasteiger charge is 2.36. The van der Waals surface area contributed by atoms with Crippen molar-refractivity contribution in [3.63, 3.8) is 0 Å². The number of thiazole rings is 1. The van der Waals surface area contributed by atoms with Crippen molar-refractivity contribution >= 4 is 42.1 Å². The highest BCUT2D eigenvalue weighted by molar-refractivity contribution is 7.11. The van der Waals surface area contributed by atoms with Gasteiger partial charge in [0, 0.05) is 29.8 Å². The molecule has 1 saturated carbocycles. The van der Waals surface area contributed by atoms with Crippen molar-refractivity contribution in [2.75, 3.05) is 19.6 Å². The van der Waals surface area contributed by atoms with Crippen molar-refractivity contribution in [3.8, 4) is 0 Å². The Bertz CT molecular complexity index is 532. The average molecular weight is 394 g/mol. The van der Waals surface area contributed by atoms with E-state index in [-0.39, 0.29) is 30.7 Å². The molecule has 0 spiro atoms. The second kappa shape index (κ2) is 9.37. The van der Waals surface area contributed by atoms with Crippen LogP contribution < -0.4 is 5.73 Å². The number of hydrogen-bond donors (Lipinski definition) is 1. The largest absolute Gasteiger partial charge is 0.342 e. The predicted molar refractivity (Wildman–Crippen MR) is 105 cm³/mol. The summed E-state index contributed by atoms with van der Waals surface area (Å²) >= 11 is 1.80. The van der Waals surface area contributed by atoms with E-state index >= 15 is 0 Å². The lowest BCUT2D eigenvalue weighted by atomic mass is 9.92. The Morgan fingerprint density at radius 3 is 2.62 bits per heavy atom. The molecule has 1 aliphatic heterocycles. The van der Waals surface area contributed by atoms with Gasteiger partial charge in [-0.15, -0.1) is 36.2 Å². The van der Waals surface area contributed by atoms with Gasteiger partial charge in [-0.1, -0.05) is 6.42 Å². The molecule has 2 heterocycles. The predicted octanol–water partition coefficient (Wildman–Crippen LogP) is 3.68. The van der Waals surface area contributed by atoms with Crippen molar-refractivity contribution in [3.05, 3.63) is 15.6 Å². The molecule has 1 aromatic heterocycles. The van der Waals surface area contributed by atoms with E-state index < -0.39 is 0 Å². The number of carbonyl (C=O) groups is 1. The summed E-state index contributed by atoms with van der Waals surface area (Å²) in [6.07, 6.45) is 5.54. The molecule has 2 N–H and O–H groups in total. The maximum absolute atomic E-state index is 12.9. The third kappa shape index (κ3) is 4.43. The smallest absolute Gasteiger partial charge is 0.226 e. The summed E-state index contributed by atoms with van der Waals surface area (Å²) in [5.74, 6) is 1.34. The van der Waals surface area contributed by atoms with Crippen LogP contribution in [0.3, 0.4) is 0 Å². The van der Waals surface area contributed by atoms with Crippen LogP contribution in [0.5, 0.6) is 0 Å². The molecule has 2 aliphatic rings. The highest BCUT2D eigenvalue weighted by Crippen LogP contribution is 2.36. The van der Waals surface area contributed by atoms with Gasteiger partial charge in [0.05, 0.1) is 10.7 Å². The molecule has 2 fully saturated rings. The van der Waals surface area contributed by atoms with Crippen LogP contribution in [0.25, 0.3) is 0 Å². The molecule has 3 rings (SSSR count). The summed E-state index contributed by atoms with van der Waals surface area (Å²) in [5.41, 5.74) is 6.99. The molecule has 1 unspecified atom stereocenters. The number of piperidine rings is 1. The number of hydrogen-bond acceptors (Lipinski definition) is 4. The van der Waals surface area contributed by atoms with Gasteiger partial charge in [-0.2, -0.15) is 0 Å². The van der Waals surface area contributed by atoms with Crippen LogP contribution in [0, 0.1) is 25.7 Å². The van der Waals surface area contributed by atoms with E-state index in [1.54, 1.807) is 11.3 Å². The minimum atomic E-state index is 0. The van der Waals surface area contributed by atoms with Gasteiger partial charge in [0.1, 0.15) is 0 Å².